The first-order chi connectivity index (χ1) is 7.00. The molecule has 80 valence electrons. The predicted molar refractivity (Wildman–Crippen MR) is 70.4 cm³/mol. The van der Waals surface area contributed by atoms with Gasteiger partial charge in [0.25, 0.3) is 0 Å². The highest BCUT2D eigenvalue weighted by Crippen LogP contribution is 2.36. The molecule has 0 saturated heterocycles. The molecule has 0 bridgehead atoms. The van der Waals surface area contributed by atoms with E-state index in [1.165, 1.54) is 24.0 Å². The van der Waals surface area contributed by atoms with E-state index < -0.39 is 8.07 Å². The number of allylic oxidation sites excluding steroid dienone is 8. The largest absolute Gasteiger partial charge is 0.103 e. The predicted octanol–water partition coefficient (Wildman–Crippen LogP) is 4.33. The lowest BCUT2D eigenvalue weighted by molar-refractivity contribution is 1.20. The highest BCUT2D eigenvalue weighted by molar-refractivity contribution is 6.90. The second-order valence-corrected chi connectivity index (χ2v) is 9.86. The summed E-state index contributed by atoms with van der Waals surface area (Å²) in [6.07, 6.45) is 11.9. The van der Waals surface area contributed by atoms with Crippen molar-refractivity contribution in [1.82, 2.24) is 0 Å². The van der Waals surface area contributed by atoms with Crippen LogP contribution in [-0.2, 0) is 0 Å². The summed E-state index contributed by atoms with van der Waals surface area (Å²) in [4.78, 5) is 0. The van der Waals surface area contributed by atoms with Crippen molar-refractivity contribution in [2.45, 2.75) is 39.8 Å². The van der Waals surface area contributed by atoms with Gasteiger partial charge >= 0.3 is 0 Å². The van der Waals surface area contributed by atoms with Crippen molar-refractivity contribution >= 4 is 8.07 Å². The maximum absolute atomic E-state index is 2.49. The van der Waals surface area contributed by atoms with Gasteiger partial charge in [-0.05, 0) is 26.7 Å². The monoisotopic (exact) mass is 216 g/mol. The van der Waals surface area contributed by atoms with E-state index >= 15 is 0 Å². The third-order valence-corrected chi connectivity index (χ3v) is 7.59. The Morgan fingerprint density at radius 2 is 1.80 bits per heavy atom. The second kappa shape index (κ2) is 3.64. The van der Waals surface area contributed by atoms with E-state index in [2.05, 4.69) is 51.2 Å². The Labute approximate surface area is 94.1 Å². The zero-order valence-electron chi connectivity index (χ0n) is 10.2. The van der Waals surface area contributed by atoms with Gasteiger partial charge < -0.3 is 0 Å². The molecule has 0 aromatic carbocycles. The van der Waals surface area contributed by atoms with Crippen LogP contribution in [0.5, 0.6) is 0 Å². The first-order valence-electron chi connectivity index (χ1n) is 5.75. The van der Waals surface area contributed by atoms with Crippen LogP contribution in [0.4, 0.5) is 0 Å². The van der Waals surface area contributed by atoms with Crippen LogP contribution >= 0.6 is 0 Å². The van der Waals surface area contributed by atoms with E-state index in [4.69, 9.17) is 0 Å². The van der Waals surface area contributed by atoms with E-state index in [0.717, 1.165) is 0 Å². The van der Waals surface area contributed by atoms with Crippen molar-refractivity contribution in [2.24, 2.45) is 0 Å². The average molecular weight is 216 g/mol. The van der Waals surface area contributed by atoms with Crippen LogP contribution in [0.1, 0.15) is 26.7 Å². The fourth-order valence-corrected chi connectivity index (χ4v) is 5.23. The standard InChI is InChI=1S/C14H20Si/c1-11-5-7-13(9-11)15(3,4)14-8-6-12(2)10-14/h5-7,10H,8-9H2,1-4H3. The summed E-state index contributed by atoms with van der Waals surface area (Å²) < 4.78 is 0. The second-order valence-electron chi connectivity index (χ2n) is 5.33. The van der Waals surface area contributed by atoms with Crippen LogP contribution in [0.25, 0.3) is 0 Å². The average Bonchev–Trinajstić information content (AvgIpc) is 2.74. The maximum atomic E-state index is 2.49. The molecule has 0 heterocycles. The Balaban J connectivity index is 2.19. The third-order valence-electron chi connectivity index (χ3n) is 3.69. The van der Waals surface area contributed by atoms with Gasteiger partial charge in [0.15, 0.2) is 0 Å². The number of hydrogen-bond donors (Lipinski definition) is 0. The highest BCUT2D eigenvalue weighted by atomic mass is 28.3. The Bertz CT molecular complexity index is 403. The van der Waals surface area contributed by atoms with Gasteiger partial charge in [-0.15, -0.1) is 0 Å². The molecule has 2 rings (SSSR count). The van der Waals surface area contributed by atoms with Gasteiger partial charge in [-0.2, -0.15) is 0 Å². The molecular weight excluding hydrogens is 196 g/mol. The molecule has 0 aromatic heterocycles. The molecule has 0 atom stereocenters. The molecule has 0 N–H and O–H groups in total. The molecule has 0 aromatic rings. The van der Waals surface area contributed by atoms with E-state index in [9.17, 15) is 0 Å². The lowest BCUT2D eigenvalue weighted by Gasteiger charge is -2.26. The van der Waals surface area contributed by atoms with Gasteiger partial charge in [0.05, 0.1) is 0 Å². The van der Waals surface area contributed by atoms with E-state index in [0.29, 0.717) is 0 Å². The summed E-state index contributed by atoms with van der Waals surface area (Å²) in [6, 6.07) is 0. The van der Waals surface area contributed by atoms with Crippen molar-refractivity contribution in [3.05, 3.63) is 45.8 Å². The smallest absolute Gasteiger partial charge is 0.0779 e. The lowest BCUT2D eigenvalue weighted by Crippen LogP contribution is -2.31. The number of hydrogen-bond acceptors (Lipinski definition) is 0. The third kappa shape index (κ3) is 1.93. The van der Waals surface area contributed by atoms with Crippen molar-refractivity contribution in [1.29, 1.82) is 0 Å². The molecular formula is C14H20Si. The zero-order chi connectivity index (χ0) is 11.1. The van der Waals surface area contributed by atoms with Gasteiger partial charge in [0.1, 0.15) is 8.07 Å². The fraction of sp³-hybridized carbons (Fsp3) is 0.429. The molecule has 1 heteroatoms. The maximum Gasteiger partial charge on any atom is 0.103 e. The molecule has 0 radical (unpaired) electrons. The molecule has 0 aliphatic heterocycles. The van der Waals surface area contributed by atoms with Crippen LogP contribution in [-0.4, -0.2) is 8.07 Å². The van der Waals surface area contributed by atoms with E-state index in [1.807, 2.05) is 0 Å². The summed E-state index contributed by atoms with van der Waals surface area (Å²) in [5, 5.41) is 3.41. The van der Waals surface area contributed by atoms with Crippen LogP contribution in [0, 0.1) is 0 Å². The topological polar surface area (TPSA) is 0 Å². The van der Waals surface area contributed by atoms with Gasteiger partial charge in [-0.1, -0.05) is 58.9 Å². The van der Waals surface area contributed by atoms with Gasteiger partial charge in [-0.3, -0.25) is 0 Å². The Hall–Kier alpha value is -0.823. The van der Waals surface area contributed by atoms with Crippen molar-refractivity contribution < 1.29 is 0 Å². The Morgan fingerprint density at radius 3 is 2.27 bits per heavy atom. The van der Waals surface area contributed by atoms with Crippen LogP contribution in [0.15, 0.2) is 45.8 Å². The van der Waals surface area contributed by atoms with Crippen LogP contribution in [0.2, 0.25) is 13.1 Å². The molecule has 0 nitrogen and oxygen atoms in total. The van der Waals surface area contributed by atoms with Gasteiger partial charge in [0, 0.05) is 0 Å². The molecule has 2 aliphatic rings. The van der Waals surface area contributed by atoms with Crippen LogP contribution in [0.3, 0.4) is 0 Å². The molecule has 2 aliphatic carbocycles. The van der Waals surface area contributed by atoms with Gasteiger partial charge in [-0.25, -0.2) is 0 Å². The minimum Gasteiger partial charge on any atom is -0.0779 e. The quantitative estimate of drug-likeness (QED) is 0.603. The Kier molecular flexibility index (Phi) is 2.59. The van der Waals surface area contributed by atoms with E-state index in [-0.39, 0.29) is 0 Å². The van der Waals surface area contributed by atoms with E-state index in [1.54, 1.807) is 10.4 Å². The van der Waals surface area contributed by atoms with Crippen molar-refractivity contribution in [3.8, 4) is 0 Å². The van der Waals surface area contributed by atoms with Crippen molar-refractivity contribution in [2.75, 3.05) is 0 Å². The minimum absolute atomic E-state index is 1.20. The Morgan fingerprint density at radius 1 is 1.07 bits per heavy atom. The van der Waals surface area contributed by atoms with Crippen molar-refractivity contribution in [3.63, 3.8) is 0 Å². The molecule has 0 saturated carbocycles. The lowest BCUT2D eigenvalue weighted by atomic mass is 10.3. The minimum atomic E-state index is -1.30. The summed E-state index contributed by atoms with van der Waals surface area (Å²) in [5.74, 6) is 0. The molecule has 0 unspecified atom stereocenters. The molecule has 0 fully saturated rings. The fourth-order valence-electron chi connectivity index (χ4n) is 2.40. The summed E-state index contributed by atoms with van der Waals surface area (Å²) >= 11 is 0. The van der Waals surface area contributed by atoms with Crippen LogP contribution < -0.4 is 0 Å². The summed E-state index contributed by atoms with van der Waals surface area (Å²) in [5.41, 5.74) is 2.97. The summed E-state index contributed by atoms with van der Waals surface area (Å²) in [7, 11) is -1.30. The SMILES string of the molecule is CC1=CCC([Si](C)(C)C2=CC=C(C)C2)=C1. The normalized spacial score (nSPS) is 21.1. The highest BCUT2D eigenvalue weighted by Gasteiger charge is 2.31. The first kappa shape index (κ1) is 10.7. The molecule has 0 spiro atoms. The zero-order valence-corrected chi connectivity index (χ0v) is 11.2. The first-order valence-corrected chi connectivity index (χ1v) is 8.75. The van der Waals surface area contributed by atoms with Gasteiger partial charge in [0.2, 0.25) is 0 Å². The summed E-state index contributed by atoms with van der Waals surface area (Å²) in [6.45, 7) is 9.43. The molecule has 15 heavy (non-hydrogen) atoms. The molecule has 0 amide bonds. The number of rotatable bonds is 2.